The van der Waals surface area contributed by atoms with Gasteiger partial charge in [-0.25, -0.2) is 4.68 Å². The van der Waals surface area contributed by atoms with Crippen LogP contribution in [0.15, 0.2) is 42.7 Å². The summed E-state index contributed by atoms with van der Waals surface area (Å²) in [6, 6.07) is 7.96. The van der Waals surface area contributed by atoms with Gasteiger partial charge in [-0.1, -0.05) is 29.3 Å². The summed E-state index contributed by atoms with van der Waals surface area (Å²) >= 11 is 12.1. The number of nitrogens with one attached hydrogen (secondary N) is 1. The van der Waals surface area contributed by atoms with E-state index < -0.39 is 10.8 Å². The summed E-state index contributed by atoms with van der Waals surface area (Å²) in [5, 5.41) is 18.7. The van der Waals surface area contributed by atoms with Crippen molar-refractivity contribution in [3.63, 3.8) is 0 Å². The van der Waals surface area contributed by atoms with E-state index in [4.69, 9.17) is 23.2 Å². The first-order chi connectivity index (χ1) is 12.3. The summed E-state index contributed by atoms with van der Waals surface area (Å²) in [4.78, 5) is 22.7. The maximum atomic E-state index is 12.4. The van der Waals surface area contributed by atoms with Crippen molar-refractivity contribution in [1.29, 1.82) is 0 Å². The average Bonchev–Trinajstić information content (AvgIpc) is 3.17. The molecule has 0 bridgehead atoms. The highest BCUT2D eigenvalue weighted by atomic mass is 35.5. The van der Waals surface area contributed by atoms with Gasteiger partial charge in [0.25, 0.3) is 11.6 Å². The molecule has 0 saturated carbocycles. The fourth-order valence-electron chi connectivity index (χ4n) is 2.43. The zero-order valence-corrected chi connectivity index (χ0v) is 15.0. The van der Waals surface area contributed by atoms with E-state index in [0.29, 0.717) is 22.4 Å². The van der Waals surface area contributed by atoms with Crippen molar-refractivity contribution in [2.75, 3.05) is 5.32 Å². The Kier molecular flexibility index (Phi) is 4.97. The standard InChI is InChI=1S/C16H13Cl2N5O3/c1-21-9-12(23(25)26)7-14(21)16(24)20-15-4-5-19-22(15)8-10-2-3-11(17)6-13(10)18/h2-7,9H,8H2,1H3,(H,20,24). The van der Waals surface area contributed by atoms with Crippen LogP contribution in [0, 0.1) is 10.1 Å². The minimum atomic E-state index is -0.552. The Morgan fingerprint density at radius 1 is 1.31 bits per heavy atom. The number of nitro groups is 1. The van der Waals surface area contributed by atoms with Gasteiger partial charge in [0.15, 0.2) is 0 Å². The Balaban J connectivity index is 1.80. The molecule has 1 amide bonds. The molecule has 8 nitrogen and oxygen atoms in total. The lowest BCUT2D eigenvalue weighted by Gasteiger charge is -2.10. The largest absolute Gasteiger partial charge is 0.340 e. The van der Waals surface area contributed by atoms with Crippen molar-refractivity contribution in [3.05, 3.63) is 74.1 Å². The number of anilines is 1. The first-order valence-corrected chi connectivity index (χ1v) is 8.18. The van der Waals surface area contributed by atoms with Crippen molar-refractivity contribution < 1.29 is 9.72 Å². The molecule has 3 aromatic rings. The van der Waals surface area contributed by atoms with Gasteiger partial charge < -0.3 is 9.88 Å². The van der Waals surface area contributed by atoms with Crippen LogP contribution in [0.25, 0.3) is 0 Å². The van der Waals surface area contributed by atoms with Crippen LogP contribution < -0.4 is 5.32 Å². The molecule has 3 rings (SSSR count). The van der Waals surface area contributed by atoms with E-state index in [-0.39, 0.29) is 11.4 Å². The number of amides is 1. The number of halogens is 2. The average molecular weight is 394 g/mol. The van der Waals surface area contributed by atoms with Crippen molar-refractivity contribution >= 4 is 40.6 Å². The number of aromatic nitrogens is 3. The minimum Gasteiger partial charge on any atom is -0.340 e. The Labute approximate surface area is 158 Å². The smallest absolute Gasteiger partial charge is 0.287 e. The molecule has 1 N–H and O–H groups in total. The van der Waals surface area contributed by atoms with Gasteiger partial charge in [0.2, 0.25) is 0 Å². The maximum absolute atomic E-state index is 12.4. The summed E-state index contributed by atoms with van der Waals surface area (Å²) in [5.74, 6) is -0.0468. The van der Waals surface area contributed by atoms with Crippen molar-refractivity contribution in [3.8, 4) is 0 Å². The van der Waals surface area contributed by atoms with E-state index in [1.54, 1.807) is 36.0 Å². The Bertz CT molecular complexity index is 996. The second kappa shape index (κ2) is 7.19. The fraction of sp³-hybridized carbons (Fsp3) is 0.125. The molecule has 26 heavy (non-hydrogen) atoms. The molecule has 2 aromatic heterocycles. The van der Waals surface area contributed by atoms with E-state index in [9.17, 15) is 14.9 Å². The van der Waals surface area contributed by atoms with E-state index in [1.807, 2.05) is 0 Å². The number of hydrogen-bond acceptors (Lipinski definition) is 4. The molecule has 0 fully saturated rings. The number of aryl methyl sites for hydroxylation is 1. The monoisotopic (exact) mass is 393 g/mol. The summed E-state index contributed by atoms with van der Waals surface area (Å²) < 4.78 is 2.95. The molecule has 0 unspecified atom stereocenters. The van der Waals surface area contributed by atoms with Crippen LogP contribution in [0.1, 0.15) is 16.1 Å². The summed E-state index contributed by atoms with van der Waals surface area (Å²) in [6.45, 7) is 0.325. The van der Waals surface area contributed by atoms with Crippen LogP contribution in [0.5, 0.6) is 0 Å². The van der Waals surface area contributed by atoms with Gasteiger partial charge in [-0.15, -0.1) is 0 Å². The highest BCUT2D eigenvalue weighted by Crippen LogP contribution is 2.23. The number of carbonyl (C=O) groups excluding carboxylic acids is 1. The minimum absolute atomic E-state index is 0.154. The third-order valence-electron chi connectivity index (χ3n) is 3.73. The topological polar surface area (TPSA) is 95.0 Å². The van der Waals surface area contributed by atoms with Crippen LogP contribution in [-0.4, -0.2) is 25.2 Å². The molecular formula is C16H13Cl2N5O3. The molecule has 2 heterocycles. The lowest BCUT2D eigenvalue weighted by atomic mass is 10.2. The van der Waals surface area contributed by atoms with Gasteiger partial charge in [-0.05, 0) is 17.7 Å². The van der Waals surface area contributed by atoms with Crippen molar-refractivity contribution in [2.45, 2.75) is 6.54 Å². The summed E-state index contributed by atoms with van der Waals surface area (Å²) in [6.07, 6.45) is 2.81. The highest BCUT2D eigenvalue weighted by Gasteiger charge is 2.19. The molecule has 134 valence electrons. The van der Waals surface area contributed by atoms with Crippen LogP contribution >= 0.6 is 23.2 Å². The number of nitrogens with zero attached hydrogens (tertiary/aromatic N) is 4. The molecule has 0 aliphatic carbocycles. The lowest BCUT2D eigenvalue weighted by molar-refractivity contribution is -0.384. The Morgan fingerprint density at radius 2 is 2.08 bits per heavy atom. The van der Waals surface area contributed by atoms with Crippen LogP contribution in [-0.2, 0) is 13.6 Å². The second-order valence-corrected chi connectivity index (χ2v) is 6.36. The van der Waals surface area contributed by atoms with E-state index in [2.05, 4.69) is 10.4 Å². The van der Waals surface area contributed by atoms with Gasteiger partial charge in [-0.2, -0.15) is 5.10 Å². The van der Waals surface area contributed by atoms with Crippen LogP contribution in [0.4, 0.5) is 11.5 Å². The van der Waals surface area contributed by atoms with Crippen LogP contribution in [0.3, 0.4) is 0 Å². The van der Waals surface area contributed by atoms with Gasteiger partial charge in [0, 0.05) is 29.2 Å². The molecule has 0 radical (unpaired) electrons. The van der Waals surface area contributed by atoms with Gasteiger partial charge in [0.05, 0.1) is 23.9 Å². The second-order valence-electron chi connectivity index (χ2n) is 5.52. The molecule has 0 aliphatic heterocycles. The zero-order chi connectivity index (χ0) is 18.8. The number of carbonyl (C=O) groups is 1. The maximum Gasteiger partial charge on any atom is 0.287 e. The molecule has 10 heteroatoms. The molecule has 0 atom stereocenters. The number of rotatable bonds is 5. The number of benzene rings is 1. The van der Waals surface area contributed by atoms with Crippen molar-refractivity contribution in [2.24, 2.45) is 7.05 Å². The Morgan fingerprint density at radius 3 is 2.73 bits per heavy atom. The van der Waals surface area contributed by atoms with Gasteiger partial charge in [-0.3, -0.25) is 14.9 Å². The third-order valence-corrected chi connectivity index (χ3v) is 4.31. The SMILES string of the molecule is Cn1cc([N+](=O)[O-])cc1C(=O)Nc1ccnn1Cc1ccc(Cl)cc1Cl. The predicted octanol–water partition coefficient (Wildman–Crippen LogP) is 3.74. The van der Waals surface area contributed by atoms with Gasteiger partial charge >= 0.3 is 0 Å². The van der Waals surface area contributed by atoms with Crippen molar-refractivity contribution in [1.82, 2.24) is 14.3 Å². The predicted molar refractivity (Wildman–Crippen MR) is 97.8 cm³/mol. The summed E-state index contributed by atoms with van der Waals surface area (Å²) in [5.41, 5.74) is 0.790. The third kappa shape index (κ3) is 3.71. The first-order valence-electron chi connectivity index (χ1n) is 7.43. The van der Waals surface area contributed by atoms with E-state index >= 15 is 0 Å². The molecule has 0 aliphatic rings. The normalized spacial score (nSPS) is 10.7. The molecule has 1 aromatic carbocycles. The zero-order valence-electron chi connectivity index (χ0n) is 13.5. The lowest BCUT2D eigenvalue weighted by Crippen LogP contribution is -2.18. The van der Waals surface area contributed by atoms with Crippen LogP contribution in [0.2, 0.25) is 10.0 Å². The number of hydrogen-bond donors (Lipinski definition) is 1. The molecule has 0 spiro atoms. The molecule has 0 saturated heterocycles. The Hall–Kier alpha value is -2.84. The fourth-order valence-corrected chi connectivity index (χ4v) is 2.90. The van der Waals surface area contributed by atoms with E-state index in [0.717, 1.165) is 5.56 Å². The summed E-state index contributed by atoms with van der Waals surface area (Å²) in [7, 11) is 1.56. The first kappa shape index (κ1) is 18.0. The van der Waals surface area contributed by atoms with Gasteiger partial charge in [0.1, 0.15) is 11.5 Å². The van der Waals surface area contributed by atoms with E-state index in [1.165, 1.54) is 23.0 Å². The quantitative estimate of drug-likeness (QED) is 0.527. The molecular weight excluding hydrogens is 381 g/mol. The highest BCUT2D eigenvalue weighted by molar-refractivity contribution is 6.35.